The van der Waals surface area contributed by atoms with E-state index in [0.29, 0.717) is 13.1 Å². The minimum atomic E-state index is 0. The van der Waals surface area contributed by atoms with Crippen molar-refractivity contribution in [1.29, 1.82) is 0 Å². The third-order valence-electron chi connectivity index (χ3n) is 0.167. The molecule has 0 aliphatic heterocycles. The van der Waals surface area contributed by atoms with Gasteiger partial charge in [0.1, 0.15) is 0 Å². The van der Waals surface area contributed by atoms with E-state index in [1.54, 1.807) is 0 Å². The van der Waals surface area contributed by atoms with Crippen molar-refractivity contribution < 1.29 is 53.5 Å². The molecule has 0 unspecified atom stereocenters. The number of halogens is 3. The van der Waals surface area contributed by atoms with E-state index < -0.39 is 0 Å². The first-order valence-electron chi connectivity index (χ1n) is 1.32. The minimum Gasteiger partial charge on any atom is -1.00 e. The van der Waals surface area contributed by atoms with Gasteiger partial charge in [-0.05, 0) is 0 Å². The van der Waals surface area contributed by atoms with Crippen LogP contribution in [0.15, 0.2) is 0 Å². The molecule has 50 valence electrons. The Labute approximate surface area is 124 Å². The minimum absolute atomic E-state index is 0. The topological polar surface area (TPSA) is 52.0 Å². The van der Waals surface area contributed by atoms with E-state index in [2.05, 4.69) is 0 Å². The Morgan fingerprint density at radius 1 is 0.875 bits per heavy atom. The molecule has 0 rings (SSSR count). The average molecular weight is 466 g/mol. The molecule has 0 aromatic carbocycles. The maximum atomic E-state index is 4.90. The largest absolute Gasteiger partial charge is 1.00 e. The Bertz CT molecular complexity index is 17.2. The summed E-state index contributed by atoms with van der Waals surface area (Å²) in [5, 5.41) is 0. The molecule has 0 radical (unpaired) electrons. The Balaban J connectivity index is -0.00000000750. The molecule has 0 saturated carbocycles. The Morgan fingerprint density at radius 3 is 1.00 bits per heavy atom. The number of nitrogens with two attached hydrogens (primary N) is 2. The SMILES string of the molecule is I.I.NCCN.[I-].[Na+]. The van der Waals surface area contributed by atoms with Gasteiger partial charge in [0.2, 0.25) is 0 Å². The van der Waals surface area contributed by atoms with Crippen molar-refractivity contribution in [3.63, 3.8) is 0 Å². The molecule has 6 heteroatoms. The summed E-state index contributed by atoms with van der Waals surface area (Å²) in [6.07, 6.45) is 0. The van der Waals surface area contributed by atoms with E-state index in [-0.39, 0.29) is 101 Å². The Hall–Kier alpha value is 3.11. The number of hydrogen-bond acceptors (Lipinski definition) is 2. The molecular formula is C2H10I3N2Na. The van der Waals surface area contributed by atoms with Crippen molar-refractivity contribution >= 4 is 48.0 Å². The van der Waals surface area contributed by atoms with Crippen LogP contribution in [0.5, 0.6) is 0 Å². The Kier molecular flexibility index (Phi) is 122. The van der Waals surface area contributed by atoms with E-state index in [1.807, 2.05) is 0 Å². The quantitative estimate of drug-likeness (QED) is 0.299. The van der Waals surface area contributed by atoms with Crippen molar-refractivity contribution in [3.05, 3.63) is 0 Å². The van der Waals surface area contributed by atoms with Gasteiger partial charge in [0, 0.05) is 13.1 Å². The van der Waals surface area contributed by atoms with Crippen LogP contribution in [0.1, 0.15) is 0 Å². The molecule has 0 spiro atoms. The third kappa shape index (κ3) is 35.5. The maximum Gasteiger partial charge on any atom is 1.00 e. The zero-order chi connectivity index (χ0) is 3.41. The van der Waals surface area contributed by atoms with Crippen LogP contribution in [-0.4, -0.2) is 13.1 Å². The van der Waals surface area contributed by atoms with Gasteiger partial charge >= 0.3 is 29.6 Å². The predicted octanol–water partition coefficient (Wildman–Crippen LogP) is -5.85. The Morgan fingerprint density at radius 2 is 1.00 bits per heavy atom. The fraction of sp³-hybridized carbons (Fsp3) is 1.00. The number of rotatable bonds is 1. The molecule has 0 amide bonds. The molecule has 4 N–H and O–H groups in total. The summed E-state index contributed by atoms with van der Waals surface area (Å²) in [6.45, 7) is 1.19. The van der Waals surface area contributed by atoms with E-state index in [4.69, 9.17) is 11.5 Å². The van der Waals surface area contributed by atoms with Crippen molar-refractivity contribution in [3.8, 4) is 0 Å². The van der Waals surface area contributed by atoms with Gasteiger partial charge in [-0.15, -0.1) is 48.0 Å². The summed E-state index contributed by atoms with van der Waals surface area (Å²) in [6, 6.07) is 0. The summed E-state index contributed by atoms with van der Waals surface area (Å²) in [5.74, 6) is 0. The first kappa shape index (κ1) is 30.4. The van der Waals surface area contributed by atoms with E-state index in [9.17, 15) is 0 Å². The van der Waals surface area contributed by atoms with E-state index >= 15 is 0 Å². The maximum absolute atomic E-state index is 4.90. The second kappa shape index (κ2) is 32.1. The summed E-state index contributed by atoms with van der Waals surface area (Å²) in [4.78, 5) is 0. The van der Waals surface area contributed by atoms with Crippen LogP contribution in [0.3, 0.4) is 0 Å². The second-order valence-electron chi connectivity index (χ2n) is 0.577. The van der Waals surface area contributed by atoms with Gasteiger partial charge in [0.05, 0.1) is 0 Å². The van der Waals surface area contributed by atoms with Crippen molar-refractivity contribution in [2.45, 2.75) is 0 Å². The normalized spacial score (nSPS) is 3.75. The molecule has 0 heterocycles. The van der Waals surface area contributed by atoms with Crippen LogP contribution in [0.25, 0.3) is 0 Å². The first-order valence-corrected chi connectivity index (χ1v) is 1.32. The third-order valence-corrected chi connectivity index (χ3v) is 0.167. The van der Waals surface area contributed by atoms with Crippen LogP contribution in [-0.2, 0) is 0 Å². The summed E-state index contributed by atoms with van der Waals surface area (Å²) in [5.41, 5.74) is 9.81. The van der Waals surface area contributed by atoms with E-state index in [0.717, 1.165) is 0 Å². The smallest absolute Gasteiger partial charge is 1.00 e. The molecular weight excluding hydrogens is 456 g/mol. The molecule has 0 fully saturated rings. The molecule has 0 aromatic rings. The van der Waals surface area contributed by atoms with E-state index in [1.165, 1.54) is 0 Å². The van der Waals surface area contributed by atoms with Gasteiger partial charge in [0.25, 0.3) is 0 Å². The molecule has 0 aromatic heterocycles. The predicted molar refractivity (Wildman–Crippen MR) is 48.9 cm³/mol. The van der Waals surface area contributed by atoms with Gasteiger partial charge in [-0.3, -0.25) is 0 Å². The molecule has 2 nitrogen and oxygen atoms in total. The van der Waals surface area contributed by atoms with Crippen molar-refractivity contribution in [1.82, 2.24) is 0 Å². The average Bonchev–Trinajstić information content (AvgIpc) is 1.37. The van der Waals surface area contributed by atoms with Crippen LogP contribution >= 0.6 is 48.0 Å². The monoisotopic (exact) mass is 466 g/mol. The molecule has 0 atom stereocenters. The van der Waals surface area contributed by atoms with Gasteiger partial charge < -0.3 is 35.4 Å². The van der Waals surface area contributed by atoms with Gasteiger partial charge in [0.15, 0.2) is 0 Å². The van der Waals surface area contributed by atoms with Crippen LogP contribution in [0, 0.1) is 0 Å². The van der Waals surface area contributed by atoms with Gasteiger partial charge in [-0.1, -0.05) is 0 Å². The molecule has 0 aliphatic rings. The molecule has 0 aliphatic carbocycles. The molecule has 0 bridgehead atoms. The number of hydrogen-bond donors (Lipinski definition) is 2. The first-order chi connectivity index (χ1) is 1.91. The summed E-state index contributed by atoms with van der Waals surface area (Å²) in [7, 11) is 0. The van der Waals surface area contributed by atoms with Crippen LogP contribution in [0.4, 0.5) is 0 Å². The van der Waals surface area contributed by atoms with Crippen LogP contribution in [0.2, 0.25) is 0 Å². The van der Waals surface area contributed by atoms with Gasteiger partial charge in [-0.2, -0.15) is 0 Å². The van der Waals surface area contributed by atoms with Crippen molar-refractivity contribution in [2.75, 3.05) is 13.1 Å². The summed E-state index contributed by atoms with van der Waals surface area (Å²) >= 11 is 0. The zero-order valence-corrected chi connectivity index (χ0v) is 13.6. The fourth-order valence-corrected chi connectivity index (χ4v) is 0. The summed E-state index contributed by atoms with van der Waals surface area (Å²) < 4.78 is 0. The molecule has 0 saturated heterocycles. The zero-order valence-electron chi connectivity index (χ0n) is 4.76. The fourth-order valence-electron chi connectivity index (χ4n) is 0. The van der Waals surface area contributed by atoms with Crippen LogP contribution < -0.4 is 65.0 Å². The van der Waals surface area contributed by atoms with Gasteiger partial charge in [-0.25, -0.2) is 0 Å². The second-order valence-corrected chi connectivity index (χ2v) is 0.577. The standard InChI is InChI=1S/C2H8N2.3HI.Na/c3-1-2-4;;;;/h1-4H2;3*1H;/q;;;;+1/p-1. The molecule has 8 heavy (non-hydrogen) atoms. The van der Waals surface area contributed by atoms with Crippen molar-refractivity contribution in [2.24, 2.45) is 11.5 Å².